The van der Waals surface area contributed by atoms with Crippen LogP contribution in [0.25, 0.3) is 11.5 Å². The maximum absolute atomic E-state index is 12.3. The molecule has 0 aliphatic heterocycles. The molecular weight excluding hydrogens is 376 g/mol. The number of hydrogen-bond acceptors (Lipinski definition) is 8. The summed E-state index contributed by atoms with van der Waals surface area (Å²) in [5.41, 5.74) is 0.881. The normalized spacial score (nSPS) is 10.4. The highest BCUT2D eigenvalue weighted by atomic mass is 35.5. The van der Waals surface area contributed by atoms with E-state index in [-0.39, 0.29) is 29.6 Å². The topological polar surface area (TPSA) is 120 Å². The minimum atomic E-state index is -0.755. The van der Waals surface area contributed by atoms with Gasteiger partial charge in [0.25, 0.3) is 11.6 Å². The molecule has 0 bridgehead atoms. The monoisotopic (exact) mass is 388 g/mol. The molecule has 1 aromatic heterocycles. The van der Waals surface area contributed by atoms with Crippen LogP contribution in [0.15, 0.2) is 46.9 Å². The highest BCUT2D eigenvalue weighted by molar-refractivity contribution is 6.30. The fourth-order valence-electron chi connectivity index (χ4n) is 2.26. The molecule has 9 nitrogen and oxygen atoms in total. The van der Waals surface area contributed by atoms with Crippen LogP contribution >= 0.6 is 11.6 Å². The molecule has 0 radical (unpaired) electrons. The Hall–Kier alpha value is -3.46. The summed E-state index contributed by atoms with van der Waals surface area (Å²) >= 11 is 5.83. The first-order valence-corrected chi connectivity index (χ1v) is 8.07. The van der Waals surface area contributed by atoms with Gasteiger partial charge >= 0.3 is 5.97 Å². The maximum Gasteiger partial charge on any atom is 0.341 e. The van der Waals surface area contributed by atoms with Crippen molar-refractivity contribution in [1.82, 2.24) is 10.2 Å². The Morgan fingerprint density at radius 2 is 2.00 bits per heavy atom. The first kappa shape index (κ1) is 18.3. The van der Waals surface area contributed by atoms with Gasteiger partial charge in [-0.2, -0.15) is 0 Å². The lowest BCUT2D eigenvalue weighted by Gasteiger charge is -2.08. The number of carbonyl (C=O) groups is 1. The van der Waals surface area contributed by atoms with Crippen molar-refractivity contribution in [3.63, 3.8) is 0 Å². The number of nitrogens with zero attached hydrogens (tertiary/aromatic N) is 3. The van der Waals surface area contributed by atoms with Crippen LogP contribution in [0.3, 0.4) is 0 Å². The van der Waals surface area contributed by atoms with Gasteiger partial charge in [0.15, 0.2) is 6.61 Å². The number of esters is 1. The number of non-ortho nitro benzene ring substituents is 1. The summed E-state index contributed by atoms with van der Waals surface area (Å²) in [7, 11) is 1.59. The molecule has 3 rings (SSSR count). The number of benzene rings is 2. The third-order valence-corrected chi connectivity index (χ3v) is 3.84. The first-order valence-electron chi connectivity index (χ1n) is 7.69. The van der Waals surface area contributed by atoms with Crippen LogP contribution in [0, 0.1) is 10.1 Å². The molecule has 0 fully saturated rings. The highest BCUT2D eigenvalue weighted by Crippen LogP contribution is 2.24. The van der Waals surface area contributed by atoms with E-state index in [1.54, 1.807) is 31.3 Å². The average molecular weight is 389 g/mol. The van der Waals surface area contributed by atoms with Crippen LogP contribution in [-0.2, 0) is 11.3 Å². The molecule has 0 unspecified atom stereocenters. The number of ether oxygens (including phenoxy) is 1. The standard InChI is InChI=1S/C17H13ClN4O5/c1-19-14-7-6-12(22(24)25)8-13(14)17(23)26-9-15-20-21-16(27-15)10-2-4-11(18)5-3-10/h2-8,19H,9H2,1H3. The van der Waals surface area contributed by atoms with Crippen LogP contribution < -0.4 is 5.32 Å². The molecule has 1 N–H and O–H groups in total. The lowest BCUT2D eigenvalue weighted by atomic mass is 10.1. The minimum absolute atomic E-state index is 0.0316. The largest absolute Gasteiger partial charge is 0.452 e. The lowest BCUT2D eigenvalue weighted by Crippen LogP contribution is -2.09. The molecule has 0 atom stereocenters. The van der Waals surface area contributed by atoms with Crippen LogP contribution in [0.1, 0.15) is 16.2 Å². The fourth-order valence-corrected chi connectivity index (χ4v) is 2.38. The fraction of sp³-hybridized carbons (Fsp3) is 0.118. The second kappa shape index (κ2) is 7.83. The Morgan fingerprint density at radius 3 is 2.67 bits per heavy atom. The zero-order valence-electron chi connectivity index (χ0n) is 14.0. The van der Waals surface area contributed by atoms with E-state index in [9.17, 15) is 14.9 Å². The molecule has 138 valence electrons. The number of nitro groups is 1. The number of anilines is 1. The van der Waals surface area contributed by atoms with Crippen molar-refractivity contribution < 1.29 is 18.9 Å². The van der Waals surface area contributed by atoms with Crippen LogP contribution in [0.2, 0.25) is 5.02 Å². The highest BCUT2D eigenvalue weighted by Gasteiger charge is 2.19. The lowest BCUT2D eigenvalue weighted by molar-refractivity contribution is -0.384. The quantitative estimate of drug-likeness (QED) is 0.385. The van der Waals surface area contributed by atoms with Crippen molar-refractivity contribution in [2.75, 3.05) is 12.4 Å². The molecular formula is C17H13ClN4O5. The van der Waals surface area contributed by atoms with Gasteiger partial charge in [0.1, 0.15) is 0 Å². The van der Waals surface area contributed by atoms with E-state index >= 15 is 0 Å². The molecule has 0 saturated heterocycles. The van der Waals surface area contributed by atoms with E-state index in [1.165, 1.54) is 12.1 Å². The molecule has 0 amide bonds. The minimum Gasteiger partial charge on any atom is -0.452 e. The van der Waals surface area contributed by atoms with E-state index in [2.05, 4.69) is 15.5 Å². The summed E-state index contributed by atoms with van der Waals surface area (Å²) in [5, 5.41) is 22.0. The Bertz CT molecular complexity index is 987. The third kappa shape index (κ3) is 4.21. The number of nitrogens with one attached hydrogen (secondary N) is 1. The molecule has 0 aliphatic rings. The Morgan fingerprint density at radius 1 is 1.26 bits per heavy atom. The van der Waals surface area contributed by atoms with Gasteiger partial charge in [-0.25, -0.2) is 4.79 Å². The van der Waals surface area contributed by atoms with E-state index in [0.29, 0.717) is 16.3 Å². The van der Waals surface area contributed by atoms with Crippen LogP contribution in [-0.4, -0.2) is 28.1 Å². The molecule has 10 heteroatoms. The van der Waals surface area contributed by atoms with Crippen molar-refractivity contribution in [2.45, 2.75) is 6.61 Å². The number of carbonyl (C=O) groups excluding carboxylic acids is 1. The van der Waals surface area contributed by atoms with Crippen LogP contribution in [0.5, 0.6) is 0 Å². The number of rotatable bonds is 6. The van der Waals surface area contributed by atoms with Crippen molar-refractivity contribution in [3.05, 3.63) is 69.1 Å². The van der Waals surface area contributed by atoms with Gasteiger partial charge in [-0.1, -0.05) is 11.6 Å². The first-order chi connectivity index (χ1) is 13.0. The number of hydrogen-bond donors (Lipinski definition) is 1. The van der Waals surface area contributed by atoms with Crippen molar-refractivity contribution >= 4 is 28.9 Å². The average Bonchev–Trinajstić information content (AvgIpc) is 3.15. The number of halogens is 1. The summed E-state index contributed by atoms with van der Waals surface area (Å²) in [6, 6.07) is 10.7. The SMILES string of the molecule is CNc1ccc([N+](=O)[O-])cc1C(=O)OCc1nnc(-c2ccc(Cl)cc2)o1. The van der Waals surface area contributed by atoms with Gasteiger partial charge in [-0.15, -0.1) is 10.2 Å². The second-order valence-corrected chi connectivity index (χ2v) is 5.76. The summed E-state index contributed by atoms with van der Waals surface area (Å²) in [4.78, 5) is 22.6. The maximum atomic E-state index is 12.3. The summed E-state index contributed by atoms with van der Waals surface area (Å²) in [6.45, 7) is -0.273. The third-order valence-electron chi connectivity index (χ3n) is 3.59. The Kier molecular flexibility index (Phi) is 5.32. The molecule has 27 heavy (non-hydrogen) atoms. The zero-order valence-corrected chi connectivity index (χ0v) is 14.8. The Labute approximate surface area is 158 Å². The van der Waals surface area contributed by atoms with E-state index in [1.807, 2.05) is 0 Å². The predicted molar refractivity (Wildman–Crippen MR) is 96.5 cm³/mol. The van der Waals surface area contributed by atoms with Gasteiger partial charge in [0.2, 0.25) is 5.89 Å². The molecule has 0 spiro atoms. The molecule has 3 aromatic rings. The predicted octanol–water partition coefficient (Wildman–Crippen LogP) is 3.70. The van der Waals surface area contributed by atoms with Gasteiger partial charge in [0.05, 0.1) is 10.5 Å². The zero-order chi connectivity index (χ0) is 19.4. The van der Waals surface area contributed by atoms with Gasteiger partial charge in [-0.05, 0) is 30.3 Å². The molecule has 2 aromatic carbocycles. The van der Waals surface area contributed by atoms with Crippen molar-refractivity contribution in [2.24, 2.45) is 0 Å². The summed E-state index contributed by atoms with van der Waals surface area (Å²) in [6.07, 6.45) is 0. The molecule has 0 aliphatic carbocycles. The molecule has 1 heterocycles. The van der Waals surface area contributed by atoms with Crippen molar-refractivity contribution in [3.8, 4) is 11.5 Å². The molecule has 0 saturated carbocycles. The van der Waals surface area contributed by atoms with E-state index in [4.69, 9.17) is 20.8 Å². The number of nitro benzene ring substituents is 1. The van der Waals surface area contributed by atoms with Gasteiger partial charge in [-0.3, -0.25) is 10.1 Å². The van der Waals surface area contributed by atoms with Crippen molar-refractivity contribution in [1.29, 1.82) is 0 Å². The van der Waals surface area contributed by atoms with Crippen LogP contribution in [0.4, 0.5) is 11.4 Å². The second-order valence-electron chi connectivity index (χ2n) is 5.32. The van der Waals surface area contributed by atoms with Gasteiger partial charge in [0, 0.05) is 35.5 Å². The Balaban J connectivity index is 1.72. The summed E-state index contributed by atoms with van der Waals surface area (Å²) < 4.78 is 10.6. The van der Waals surface area contributed by atoms with Gasteiger partial charge < -0.3 is 14.5 Å². The smallest absolute Gasteiger partial charge is 0.341 e. The van der Waals surface area contributed by atoms with E-state index in [0.717, 1.165) is 6.07 Å². The number of aromatic nitrogens is 2. The summed E-state index contributed by atoms with van der Waals surface area (Å²) in [5.74, 6) is -0.414. The van der Waals surface area contributed by atoms with E-state index < -0.39 is 10.9 Å².